The van der Waals surface area contributed by atoms with Gasteiger partial charge in [-0.25, -0.2) is 0 Å². The van der Waals surface area contributed by atoms with Crippen LogP contribution in [0.5, 0.6) is 0 Å². The summed E-state index contributed by atoms with van der Waals surface area (Å²) < 4.78 is 1.93. The van der Waals surface area contributed by atoms with Crippen LogP contribution in [0.2, 0.25) is 0 Å². The molecule has 0 radical (unpaired) electrons. The second-order valence-electron chi connectivity index (χ2n) is 12.1. The summed E-state index contributed by atoms with van der Waals surface area (Å²) in [6.07, 6.45) is 11.2. The molecule has 4 aromatic rings. The van der Waals surface area contributed by atoms with Crippen LogP contribution in [0.15, 0.2) is 105 Å². The molecule has 1 aliphatic carbocycles. The van der Waals surface area contributed by atoms with E-state index in [4.69, 9.17) is 29.4 Å². The SMILES string of the molecule is Cc1cc(C)c(C2CNC(=C3CC=CC=C3C(c3ncccc3Br)c3ncccc3Br)N2c2c(C)cc(C)cc2C)c(C)c1.[Cl][Ru][Cl]. The van der Waals surface area contributed by atoms with E-state index in [0.717, 1.165) is 39.1 Å². The van der Waals surface area contributed by atoms with Gasteiger partial charge in [0.1, 0.15) is 5.82 Å². The number of aryl methyl sites for hydroxylation is 6. The summed E-state index contributed by atoms with van der Waals surface area (Å²) in [5.41, 5.74) is 14.8. The fraction of sp³-hybridized carbons (Fsp3) is 0.263. The molecule has 0 bridgehead atoms. The first kappa shape index (κ1) is 36.0. The van der Waals surface area contributed by atoms with Gasteiger partial charge in [-0.2, -0.15) is 0 Å². The fourth-order valence-electron chi connectivity index (χ4n) is 7.27. The summed E-state index contributed by atoms with van der Waals surface area (Å²) in [5.74, 6) is 0.975. The van der Waals surface area contributed by atoms with E-state index in [1.165, 1.54) is 55.8 Å². The quantitative estimate of drug-likeness (QED) is 0.203. The topological polar surface area (TPSA) is 41.1 Å². The molecule has 9 heteroatoms. The molecule has 1 fully saturated rings. The number of nitrogens with one attached hydrogen (secondary N) is 1. The Morgan fingerprint density at radius 3 is 1.85 bits per heavy atom. The van der Waals surface area contributed by atoms with Crippen LogP contribution in [0.4, 0.5) is 5.69 Å². The van der Waals surface area contributed by atoms with Gasteiger partial charge in [0.25, 0.3) is 0 Å². The number of allylic oxidation sites excluding steroid dienone is 5. The van der Waals surface area contributed by atoms with Crippen molar-refractivity contribution in [2.75, 3.05) is 11.4 Å². The maximum absolute atomic E-state index is 4.91. The van der Waals surface area contributed by atoms with Crippen molar-refractivity contribution < 1.29 is 15.1 Å². The molecule has 47 heavy (non-hydrogen) atoms. The van der Waals surface area contributed by atoms with E-state index in [0.29, 0.717) is 0 Å². The van der Waals surface area contributed by atoms with Crippen molar-refractivity contribution in [3.8, 4) is 0 Å². The zero-order valence-corrected chi connectivity index (χ0v) is 33.7. The van der Waals surface area contributed by atoms with Gasteiger partial charge >= 0.3 is 34.5 Å². The number of anilines is 1. The number of nitrogens with zero attached hydrogens (tertiary/aromatic N) is 3. The summed E-state index contributed by atoms with van der Waals surface area (Å²) in [6, 6.07) is 17.5. The van der Waals surface area contributed by atoms with Crippen molar-refractivity contribution in [2.45, 2.75) is 59.9 Å². The van der Waals surface area contributed by atoms with Crippen molar-refractivity contribution in [1.29, 1.82) is 0 Å². The molecule has 0 amide bonds. The number of hydrogen-bond donors (Lipinski definition) is 1. The number of halogens is 4. The van der Waals surface area contributed by atoms with Crippen LogP contribution >= 0.6 is 51.2 Å². The summed E-state index contributed by atoms with van der Waals surface area (Å²) in [6.45, 7) is 14.2. The normalized spacial score (nSPS) is 17.5. The van der Waals surface area contributed by atoms with Gasteiger partial charge in [0, 0.05) is 39.1 Å². The molecule has 1 saturated heterocycles. The first-order valence-electron chi connectivity index (χ1n) is 15.4. The molecular formula is C38H38Br2Cl2N4Ru. The first-order chi connectivity index (χ1) is 22.6. The Morgan fingerprint density at radius 1 is 0.830 bits per heavy atom. The molecule has 246 valence electrons. The average Bonchev–Trinajstić information content (AvgIpc) is 3.42. The minimum atomic E-state index is -0.346. The Morgan fingerprint density at radius 2 is 1.34 bits per heavy atom. The zero-order valence-electron chi connectivity index (χ0n) is 27.3. The van der Waals surface area contributed by atoms with E-state index in [1.54, 1.807) is 0 Å². The van der Waals surface area contributed by atoms with Crippen molar-refractivity contribution in [3.63, 3.8) is 0 Å². The van der Waals surface area contributed by atoms with Crippen LogP contribution in [0, 0.1) is 41.5 Å². The van der Waals surface area contributed by atoms with Gasteiger partial charge in [0.05, 0.1) is 23.3 Å². The van der Waals surface area contributed by atoms with E-state index >= 15 is 0 Å². The molecule has 1 N–H and O–H groups in total. The molecule has 1 aliphatic heterocycles. The molecule has 4 nitrogen and oxygen atoms in total. The van der Waals surface area contributed by atoms with E-state index < -0.39 is 0 Å². The number of hydrogen-bond acceptors (Lipinski definition) is 4. The number of aromatic nitrogens is 2. The Hall–Kier alpha value is -2.28. The molecule has 1 unspecified atom stereocenters. The van der Waals surface area contributed by atoms with Gasteiger partial charge in [-0.1, -0.05) is 53.6 Å². The number of benzene rings is 2. The van der Waals surface area contributed by atoms with Gasteiger partial charge in [0.2, 0.25) is 0 Å². The van der Waals surface area contributed by atoms with Gasteiger partial charge in [-0.15, -0.1) is 0 Å². The summed E-state index contributed by atoms with van der Waals surface area (Å²) >= 11 is 7.32. The van der Waals surface area contributed by atoms with Crippen LogP contribution < -0.4 is 10.2 Å². The van der Waals surface area contributed by atoms with Gasteiger partial charge in [0.15, 0.2) is 0 Å². The average molecular weight is 883 g/mol. The Balaban J connectivity index is 0.00000139. The molecule has 3 heterocycles. The number of pyridine rings is 2. The van der Waals surface area contributed by atoms with Crippen molar-refractivity contribution in [2.24, 2.45) is 0 Å². The minimum absolute atomic E-state index is 0.145. The predicted octanol–water partition coefficient (Wildman–Crippen LogP) is 11.3. The zero-order chi connectivity index (χ0) is 33.8. The standard InChI is InChI=1S/C38H38Br2N4.2ClH.Ru/c1-22-17-24(3)33(25(4)18-22)32-21-43-38(44(32)37-26(5)19-23(2)20-27(37)6)29-12-8-7-11-28(29)34(35-30(39)13-9-15-41-35)36-31(40)14-10-16-42-36;;;/h7-11,13-20,32,34,43H,12,21H2,1-6H3;2*1H;/q;;;+2/p-2. The molecule has 6 rings (SSSR count). The maximum atomic E-state index is 4.91. The predicted molar refractivity (Wildman–Crippen MR) is 201 cm³/mol. The Bertz CT molecular complexity index is 1800. The molecule has 0 saturated carbocycles. The van der Waals surface area contributed by atoms with Gasteiger partial charge in [-0.3, -0.25) is 9.97 Å². The molecule has 0 spiro atoms. The van der Waals surface area contributed by atoms with Crippen LogP contribution in [-0.2, 0) is 15.1 Å². The van der Waals surface area contributed by atoms with E-state index in [1.807, 2.05) is 24.5 Å². The Labute approximate surface area is 311 Å². The molecular weight excluding hydrogens is 844 g/mol. The monoisotopic (exact) mass is 880 g/mol. The second kappa shape index (κ2) is 16.0. The molecule has 2 aromatic heterocycles. The van der Waals surface area contributed by atoms with Gasteiger partial charge in [-0.05, 0) is 137 Å². The van der Waals surface area contributed by atoms with Crippen LogP contribution in [0.25, 0.3) is 0 Å². The van der Waals surface area contributed by atoms with Gasteiger partial charge < -0.3 is 10.2 Å². The van der Waals surface area contributed by atoms with Crippen LogP contribution in [0.1, 0.15) is 68.7 Å². The molecule has 2 aromatic carbocycles. The van der Waals surface area contributed by atoms with E-state index in [2.05, 4.69) is 138 Å². The summed E-state index contributed by atoms with van der Waals surface area (Å²) in [5, 5.41) is 3.95. The first-order valence-corrected chi connectivity index (χ1v) is 21.5. The third-order valence-corrected chi connectivity index (χ3v) is 10.1. The van der Waals surface area contributed by atoms with Crippen LogP contribution in [-0.4, -0.2) is 16.5 Å². The Kier molecular flexibility index (Phi) is 12.2. The van der Waals surface area contributed by atoms with E-state index in [-0.39, 0.29) is 27.1 Å². The molecule has 2 aliphatic rings. The summed E-state index contributed by atoms with van der Waals surface area (Å²) in [4.78, 5) is 12.4. The van der Waals surface area contributed by atoms with Crippen molar-refractivity contribution >= 4 is 56.9 Å². The summed E-state index contributed by atoms with van der Waals surface area (Å²) in [7, 11) is 9.71. The third-order valence-electron chi connectivity index (χ3n) is 8.76. The molecule has 1 atom stereocenters. The number of rotatable bonds is 5. The second-order valence-corrected chi connectivity index (χ2v) is 16.5. The van der Waals surface area contributed by atoms with E-state index in [9.17, 15) is 0 Å². The van der Waals surface area contributed by atoms with Crippen molar-refractivity contribution in [1.82, 2.24) is 15.3 Å². The van der Waals surface area contributed by atoms with Crippen LogP contribution in [0.3, 0.4) is 0 Å². The van der Waals surface area contributed by atoms with Crippen molar-refractivity contribution in [3.05, 3.63) is 155 Å². The third kappa shape index (κ3) is 7.65. The fourth-order valence-corrected chi connectivity index (χ4v) is 8.24.